The molecule has 0 unspecified atom stereocenters. The maximum atomic E-state index is 13.3. The third-order valence-corrected chi connectivity index (χ3v) is 6.68. The van der Waals surface area contributed by atoms with Crippen LogP contribution in [0.25, 0.3) is 6.08 Å². The summed E-state index contributed by atoms with van der Waals surface area (Å²) in [7, 11) is 1.63. The number of ether oxygens (including phenoxy) is 12. The molecule has 1 N–H and O–H groups in total. The minimum atomic E-state index is -4.80. The Labute approximate surface area is 320 Å². The smallest absolute Gasteiger partial charge is 0.382 e. The lowest BCUT2D eigenvalue weighted by Gasteiger charge is -2.12. The van der Waals surface area contributed by atoms with E-state index in [9.17, 15) is 28.1 Å². The number of alkyl halides is 3. The molecule has 1 aromatic carbocycles. The normalized spacial score (nSPS) is 11.9. The molecule has 0 heterocycles. The summed E-state index contributed by atoms with van der Waals surface area (Å²) in [4.78, 5) is 21.8. The van der Waals surface area contributed by atoms with Crippen LogP contribution in [0.2, 0.25) is 0 Å². The van der Waals surface area contributed by atoms with Gasteiger partial charge in [-0.3, -0.25) is 14.9 Å². The van der Waals surface area contributed by atoms with Gasteiger partial charge in [0.05, 0.1) is 162 Å². The Balaban J connectivity index is 1.80. The van der Waals surface area contributed by atoms with Crippen molar-refractivity contribution in [2.75, 3.05) is 166 Å². The van der Waals surface area contributed by atoms with Crippen LogP contribution >= 0.6 is 0 Å². The molecule has 0 aromatic heterocycles. The van der Waals surface area contributed by atoms with Crippen LogP contribution < -0.4 is 5.32 Å². The molecule has 17 nitrogen and oxygen atoms in total. The SMILES string of the molecule is COCCOCCOCCOCCOCCOCCOCCOCCOCCOCCOCCOCCNC(=O)c1ccc(/C=C/[N+](=O)[O-])c(C(F)(F)F)c1. The molecule has 55 heavy (non-hydrogen) atoms. The number of amides is 1. The van der Waals surface area contributed by atoms with E-state index in [2.05, 4.69) is 5.32 Å². The molecule has 0 aliphatic carbocycles. The van der Waals surface area contributed by atoms with Crippen LogP contribution in [-0.2, 0) is 63.0 Å². The molecule has 1 amide bonds. The Hall–Kier alpha value is -2.86. The number of halogens is 3. The lowest BCUT2D eigenvalue weighted by atomic mass is 10.0. The maximum Gasteiger partial charge on any atom is 0.417 e. The molecule has 1 rings (SSSR count). The number of benzene rings is 1. The van der Waals surface area contributed by atoms with Gasteiger partial charge in [-0.1, -0.05) is 6.07 Å². The fourth-order valence-electron chi connectivity index (χ4n) is 4.01. The molecular weight excluding hydrogens is 745 g/mol. The lowest BCUT2D eigenvalue weighted by molar-refractivity contribution is -0.400. The summed E-state index contributed by atoms with van der Waals surface area (Å²) in [5.74, 6) is -0.737. The Morgan fingerprint density at radius 2 is 0.927 bits per heavy atom. The summed E-state index contributed by atoms with van der Waals surface area (Å²) in [5.41, 5.74) is -1.81. The molecule has 0 saturated carbocycles. The topological polar surface area (TPSA) is 183 Å². The fourth-order valence-corrected chi connectivity index (χ4v) is 4.01. The Morgan fingerprint density at radius 1 is 0.600 bits per heavy atom. The van der Waals surface area contributed by atoms with Crippen molar-refractivity contribution in [3.63, 3.8) is 0 Å². The number of hydrogen-bond donors (Lipinski definition) is 1. The van der Waals surface area contributed by atoms with Gasteiger partial charge in [0, 0.05) is 25.3 Å². The van der Waals surface area contributed by atoms with E-state index in [1.807, 2.05) is 0 Å². The summed E-state index contributed by atoms with van der Waals surface area (Å²) < 4.78 is 104. The van der Waals surface area contributed by atoms with Crippen molar-refractivity contribution in [3.05, 3.63) is 51.2 Å². The van der Waals surface area contributed by atoms with Crippen LogP contribution in [0.1, 0.15) is 21.5 Å². The van der Waals surface area contributed by atoms with Crippen molar-refractivity contribution in [3.8, 4) is 0 Å². The van der Waals surface area contributed by atoms with Crippen LogP contribution in [0.5, 0.6) is 0 Å². The summed E-state index contributed by atoms with van der Waals surface area (Å²) in [6, 6.07) is 2.80. The minimum Gasteiger partial charge on any atom is -0.382 e. The summed E-state index contributed by atoms with van der Waals surface area (Å²) in [5, 5.41) is 12.9. The number of rotatable bonds is 39. The molecule has 0 bridgehead atoms. The first kappa shape index (κ1) is 50.2. The van der Waals surface area contributed by atoms with Gasteiger partial charge in [0.15, 0.2) is 0 Å². The van der Waals surface area contributed by atoms with Gasteiger partial charge in [-0.25, -0.2) is 0 Å². The number of nitro groups is 1. The number of carbonyl (C=O) groups is 1. The first-order valence-electron chi connectivity index (χ1n) is 17.9. The van der Waals surface area contributed by atoms with Crippen LogP contribution in [0, 0.1) is 10.1 Å². The molecule has 0 fully saturated rings. The van der Waals surface area contributed by atoms with Gasteiger partial charge in [0.1, 0.15) is 0 Å². The molecule has 318 valence electrons. The number of hydrogen-bond acceptors (Lipinski definition) is 15. The standard InChI is InChI=1S/C35H57F3N2O15/c1-44-8-9-46-12-13-48-16-17-50-20-21-52-24-25-54-28-29-55-27-26-53-23-22-51-19-18-49-15-14-47-11-10-45-7-5-39-34(41)32-3-2-31(4-6-40(42)43)33(30-32)35(36,37)38/h2-4,6,30H,5,7-29H2,1H3,(H,39,41)/b6-4+. The Kier molecular flexibility index (Phi) is 32.4. The molecule has 0 aliphatic heterocycles. The van der Waals surface area contributed by atoms with Crippen molar-refractivity contribution in [2.24, 2.45) is 0 Å². The van der Waals surface area contributed by atoms with Crippen LogP contribution in [-0.4, -0.2) is 176 Å². The van der Waals surface area contributed by atoms with Crippen molar-refractivity contribution in [1.29, 1.82) is 0 Å². The van der Waals surface area contributed by atoms with Crippen LogP contribution in [0.15, 0.2) is 24.4 Å². The van der Waals surface area contributed by atoms with E-state index in [-0.39, 0.29) is 31.9 Å². The fraction of sp³-hybridized carbons (Fsp3) is 0.743. The third kappa shape index (κ3) is 31.0. The van der Waals surface area contributed by atoms with Gasteiger partial charge in [-0.05, 0) is 17.7 Å². The first-order chi connectivity index (χ1) is 26.8. The van der Waals surface area contributed by atoms with E-state index in [0.29, 0.717) is 144 Å². The summed E-state index contributed by atoms with van der Waals surface area (Å²) in [6.45, 7) is 10.0. The Bertz CT molecular complexity index is 1120. The van der Waals surface area contributed by atoms with Crippen molar-refractivity contribution in [1.82, 2.24) is 5.32 Å². The van der Waals surface area contributed by atoms with E-state index in [4.69, 9.17) is 56.8 Å². The number of nitrogens with one attached hydrogen (secondary N) is 1. The highest BCUT2D eigenvalue weighted by Gasteiger charge is 2.33. The quantitative estimate of drug-likeness (QED) is 0.0582. The average Bonchev–Trinajstić information content (AvgIpc) is 3.16. The number of nitrogens with zero attached hydrogens (tertiary/aromatic N) is 1. The lowest BCUT2D eigenvalue weighted by Crippen LogP contribution is -2.28. The monoisotopic (exact) mass is 802 g/mol. The highest BCUT2D eigenvalue weighted by molar-refractivity contribution is 5.94. The zero-order valence-electron chi connectivity index (χ0n) is 31.6. The molecule has 0 radical (unpaired) electrons. The van der Waals surface area contributed by atoms with Gasteiger partial charge < -0.3 is 62.2 Å². The molecule has 20 heteroatoms. The number of methoxy groups -OCH3 is 1. The molecule has 1 aromatic rings. The highest BCUT2D eigenvalue weighted by atomic mass is 19.4. The first-order valence-corrected chi connectivity index (χ1v) is 17.9. The predicted molar refractivity (Wildman–Crippen MR) is 191 cm³/mol. The maximum absolute atomic E-state index is 13.3. The molecule has 0 saturated heterocycles. The highest BCUT2D eigenvalue weighted by Crippen LogP contribution is 2.33. The van der Waals surface area contributed by atoms with Crippen LogP contribution in [0.3, 0.4) is 0 Å². The zero-order valence-corrected chi connectivity index (χ0v) is 31.6. The van der Waals surface area contributed by atoms with Gasteiger partial charge in [-0.2, -0.15) is 13.2 Å². The van der Waals surface area contributed by atoms with Gasteiger partial charge >= 0.3 is 6.18 Å². The second-order valence-electron chi connectivity index (χ2n) is 10.9. The van der Waals surface area contributed by atoms with Gasteiger partial charge in [-0.15, -0.1) is 0 Å². The number of carbonyl (C=O) groups excluding carboxylic acids is 1. The van der Waals surface area contributed by atoms with Crippen molar-refractivity contribution in [2.45, 2.75) is 6.18 Å². The van der Waals surface area contributed by atoms with Crippen LogP contribution in [0.4, 0.5) is 13.2 Å². The molecule has 0 aliphatic rings. The van der Waals surface area contributed by atoms with Gasteiger partial charge in [0.25, 0.3) is 5.91 Å². The third-order valence-electron chi connectivity index (χ3n) is 6.68. The average molecular weight is 803 g/mol. The van der Waals surface area contributed by atoms with E-state index in [0.717, 1.165) is 18.2 Å². The van der Waals surface area contributed by atoms with Crippen molar-refractivity contribution >= 4 is 12.0 Å². The molecule has 0 spiro atoms. The van der Waals surface area contributed by atoms with E-state index in [1.54, 1.807) is 7.11 Å². The van der Waals surface area contributed by atoms with Gasteiger partial charge in [0.2, 0.25) is 6.20 Å². The largest absolute Gasteiger partial charge is 0.417 e. The van der Waals surface area contributed by atoms with E-state index in [1.165, 1.54) is 0 Å². The predicted octanol–water partition coefficient (Wildman–Crippen LogP) is 2.51. The van der Waals surface area contributed by atoms with E-state index >= 15 is 0 Å². The molecule has 0 atom stereocenters. The second kappa shape index (κ2) is 35.5. The zero-order chi connectivity index (χ0) is 40.1. The Morgan fingerprint density at radius 3 is 1.24 bits per heavy atom. The second-order valence-corrected chi connectivity index (χ2v) is 10.9. The summed E-state index contributed by atoms with van der Waals surface area (Å²) in [6.07, 6.45) is -3.67. The van der Waals surface area contributed by atoms with Crippen molar-refractivity contribution < 1.29 is 79.7 Å². The van der Waals surface area contributed by atoms with E-state index < -0.39 is 28.1 Å². The minimum absolute atomic E-state index is 0.0578. The molecular formula is C35H57F3N2O15. The summed E-state index contributed by atoms with van der Waals surface area (Å²) >= 11 is 0.